The van der Waals surface area contributed by atoms with Crippen LogP contribution in [0.3, 0.4) is 0 Å². The van der Waals surface area contributed by atoms with E-state index >= 15 is 0 Å². The Labute approximate surface area is 257 Å². The molecular formula is C32H54N4O5S. The Morgan fingerprint density at radius 2 is 1.64 bits per heavy atom. The first kappa shape index (κ1) is 39.3. The molecule has 4 N–H and O–H groups in total. The summed E-state index contributed by atoms with van der Waals surface area (Å²) in [6.07, 6.45) is 4.45. The van der Waals surface area contributed by atoms with Gasteiger partial charge in [0.25, 0.3) is 0 Å². The topological polar surface area (TPSA) is 142 Å². The number of aliphatic hydroxyl groups is 1. The van der Waals surface area contributed by atoms with E-state index in [-0.39, 0.29) is 11.9 Å². The highest BCUT2D eigenvalue weighted by Gasteiger charge is 2.41. The van der Waals surface area contributed by atoms with Gasteiger partial charge in [-0.05, 0) is 36.3 Å². The number of amides is 3. The number of aliphatic hydroxyl groups excluding tert-OH is 1. The third kappa shape index (κ3) is 12.3. The van der Waals surface area contributed by atoms with E-state index < -0.39 is 16.7 Å². The number of aldehydes is 1. The number of hydrogen-bond acceptors (Lipinski definition) is 7. The molecule has 42 heavy (non-hydrogen) atoms. The number of carbonyl (C=O) groups excluding carboxylic acids is 4. The molecule has 0 radical (unpaired) electrons. The van der Waals surface area contributed by atoms with Crippen LogP contribution in [0.4, 0.5) is 0 Å². The molecular weight excluding hydrogens is 552 g/mol. The van der Waals surface area contributed by atoms with Gasteiger partial charge in [-0.25, -0.2) is 0 Å². The summed E-state index contributed by atoms with van der Waals surface area (Å²) in [7, 11) is 1.00. The van der Waals surface area contributed by atoms with Crippen molar-refractivity contribution in [1.29, 1.82) is 0 Å². The minimum atomic E-state index is -0.783. The maximum absolute atomic E-state index is 12.2. The van der Waals surface area contributed by atoms with Crippen molar-refractivity contribution in [2.75, 3.05) is 13.7 Å². The number of hydrogen-bond donors (Lipinski definition) is 3. The minimum Gasteiger partial charge on any atom is -0.400 e. The van der Waals surface area contributed by atoms with E-state index in [0.717, 1.165) is 38.2 Å². The van der Waals surface area contributed by atoms with Crippen LogP contribution < -0.4 is 11.1 Å². The van der Waals surface area contributed by atoms with Crippen LogP contribution in [-0.4, -0.2) is 65.8 Å². The fraction of sp³-hybridized carbons (Fsp3) is 0.656. The number of likely N-dealkylation sites (tertiary alicyclic amines) is 1. The van der Waals surface area contributed by atoms with Crippen molar-refractivity contribution in [3.8, 4) is 0 Å². The van der Waals surface area contributed by atoms with Gasteiger partial charge in [-0.1, -0.05) is 86.1 Å². The largest absolute Gasteiger partial charge is 0.400 e. The predicted molar refractivity (Wildman–Crippen MR) is 173 cm³/mol. The molecule has 1 saturated heterocycles. The molecule has 3 rings (SSSR count). The Hall–Kier alpha value is -2.72. The first-order chi connectivity index (χ1) is 19.5. The van der Waals surface area contributed by atoms with Gasteiger partial charge in [0.05, 0.1) is 22.3 Å². The number of thioether (sulfide) groups is 1. The van der Waals surface area contributed by atoms with Gasteiger partial charge in [-0.15, -0.1) is 11.8 Å². The van der Waals surface area contributed by atoms with Gasteiger partial charge in [0.2, 0.25) is 18.2 Å². The van der Waals surface area contributed by atoms with Crippen LogP contribution in [0.1, 0.15) is 98.0 Å². The van der Waals surface area contributed by atoms with Crippen LogP contribution in [0.5, 0.6) is 0 Å². The van der Waals surface area contributed by atoms with Crippen molar-refractivity contribution < 1.29 is 24.3 Å². The van der Waals surface area contributed by atoms with Crippen molar-refractivity contribution in [3.63, 3.8) is 0 Å². The van der Waals surface area contributed by atoms with Gasteiger partial charge in [0.15, 0.2) is 0 Å². The molecule has 1 aromatic carbocycles. The average molecular weight is 607 g/mol. The molecule has 10 heteroatoms. The normalized spacial score (nSPS) is 19.7. The van der Waals surface area contributed by atoms with Crippen molar-refractivity contribution in [2.24, 2.45) is 27.0 Å². The van der Waals surface area contributed by atoms with Crippen molar-refractivity contribution in [1.82, 2.24) is 10.2 Å². The van der Waals surface area contributed by atoms with Crippen molar-refractivity contribution in [3.05, 3.63) is 35.4 Å². The quantitative estimate of drug-likeness (QED) is 0.359. The molecule has 238 valence electrons. The zero-order valence-corrected chi connectivity index (χ0v) is 28.1. The number of nitrogens with one attached hydrogen (secondary N) is 1. The minimum absolute atomic E-state index is 0.0629. The molecule has 3 atom stereocenters. The molecule has 2 aliphatic rings. The molecule has 1 aromatic rings. The summed E-state index contributed by atoms with van der Waals surface area (Å²) in [6, 6.07) is 8.32. The molecule has 0 bridgehead atoms. The van der Waals surface area contributed by atoms with Crippen LogP contribution in [-0.2, 0) is 25.7 Å². The highest BCUT2D eigenvalue weighted by atomic mass is 32.2. The molecule has 9 nitrogen and oxygen atoms in total. The molecule has 0 saturated carbocycles. The molecule has 1 fully saturated rings. The summed E-state index contributed by atoms with van der Waals surface area (Å²) in [4.78, 5) is 50.5. The lowest BCUT2D eigenvalue weighted by molar-refractivity contribution is -0.137. The van der Waals surface area contributed by atoms with Gasteiger partial charge in [-0.2, -0.15) is 0 Å². The number of rotatable bonds is 8. The highest BCUT2D eigenvalue weighted by molar-refractivity contribution is 8.12. The SMILES string of the molecule is CC(C)(C=O)C(C)(C)C(N)=O.CC1N=CSC1c1ccc(CNC(=O)C2CCCN2C=O)cc1.CCC(C)(C)C.CO. The molecule has 3 unspecified atom stereocenters. The van der Waals surface area contributed by atoms with E-state index in [1.807, 2.05) is 17.7 Å². The monoisotopic (exact) mass is 606 g/mol. The van der Waals surface area contributed by atoms with Crippen LogP contribution in [0.2, 0.25) is 0 Å². The van der Waals surface area contributed by atoms with Crippen LogP contribution in [0.25, 0.3) is 0 Å². The zero-order chi connectivity index (χ0) is 32.7. The lowest BCUT2D eigenvalue weighted by Crippen LogP contribution is -2.44. The Kier molecular flexibility index (Phi) is 16.9. The summed E-state index contributed by atoms with van der Waals surface area (Å²) < 4.78 is 0. The Morgan fingerprint density at radius 3 is 2.02 bits per heavy atom. The summed E-state index contributed by atoms with van der Waals surface area (Å²) in [5, 5.41) is 10.3. The number of carbonyl (C=O) groups is 4. The van der Waals surface area contributed by atoms with E-state index in [4.69, 9.17) is 10.8 Å². The first-order valence-electron chi connectivity index (χ1n) is 14.5. The fourth-order valence-electron chi connectivity index (χ4n) is 3.54. The number of primary amides is 1. The molecule has 2 aliphatic heterocycles. The summed E-state index contributed by atoms with van der Waals surface area (Å²) >= 11 is 1.75. The Balaban J connectivity index is 0.000000739. The van der Waals surface area contributed by atoms with Crippen LogP contribution in [0, 0.1) is 16.2 Å². The maximum Gasteiger partial charge on any atom is 0.243 e. The van der Waals surface area contributed by atoms with Crippen molar-refractivity contribution >= 4 is 41.8 Å². The van der Waals surface area contributed by atoms with Crippen LogP contribution >= 0.6 is 11.8 Å². The molecule has 2 heterocycles. The average Bonchev–Trinajstić information content (AvgIpc) is 3.62. The standard InChI is InChI=1S/C17H21N3O2S.C8H15NO2.C6H14.CH4O/c1-12-16(23-10-19-12)14-6-4-13(5-7-14)9-18-17(22)15-3-2-8-20(15)11-21;1-7(2,5-10)8(3,4)6(9)11;1-5-6(2,3)4;1-2/h4-7,10-12,15-16H,2-3,8-9H2,1H3,(H,18,22);5H,1-4H3,(H2,9,11);5H2,1-4H3;2H,1H3. The summed E-state index contributed by atoms with van der Waals surface area (Å²) in [5.74, 6) is -0.512. The van der Waals surface area contributed by atoms with E-state index in [1.165, 1.54) is 12.0 Å². The first-order valence-corrected chi connectivity index (χ1v) is 15.4. The molecule has 3 amide bonds. The van der Waals surface area contributed by atoms with Gasteiger partial charge in [-0.3, -0.25) is 19.4 Å². The second-order valence-corrected chi connectivity index (χ2v) is 13.7. The lowest BCUT2D eigenvalue weighted by Gasteiger charge is -2.33. The van der Waals surface area contributed by atoms with Gasteiger partial charge >= 0.3 is 0 Å². The maximum atomic E-state index is 12.2. The molecule has 0 aromatic heterocycles. The number of nitrogens with two attached hydrogens (primary N) is 1. The van der Waals surface area contributed by atoms with E-state index in [1.54, 1.807) is 44.4 Å². The zero-order valence-electron chi connectivity index (χ0n) is 27.3. The third-order valence-corrected chi connectivity index (χ3v) is 9.23. The van der Waals surface area contributed by atoms with Gasteiger partial charge < -0.3 is 25.9 Å². The predicted octanol–water partition coefficient (Wildman–Crippen LogP) is 4.90. The number of aliphatic imine (C=N–C) groups is 1. The van der Waals surface area contributed by atoms with E-state index in [0.29, 0.717) is 29.8 Å². The summed E-state index contributed by atoms with van der Waals surface area (Å²) in [6.45, 7) is 19.0. The smallest absolute Gasteiger partial charge is 0.243 e. The van der Waals surface area contributed by atoms with Crippen LogP contribution in [0.15, 0.2) is 29.3 Å². The lowest BCUT2D eigenvalue weighted by atomic mass is 9.68. The molecule has 0 aliphatic carbocycles. The number of benzene rings is 1. The van der Waals surface area contributed by atoms with E-state index in [9.17, 15) is 19.2 Å². The Morgan fingerprint density at radius 1 is 1.10 bits per heavy atom. The second-order valence-electron chi connectivity index (χ2n) is 12.8. The molecule has 0 spiro atoms. The summed E-state index contributed by atoms with van der Waals surface area (Å²) in [5.41, 5.74) is 8.44. The fourth-order valence-corrected chi connectivity index (χ4v) is 4.54. The third-order valence-electron chi connectivity index (χ3n) is 8.03. The van der Waals surface area contributed by atoms with Gasteiger partial charge in [0.1, 0.15) is 12.3 Å². The highest BCUT2D eigenvalue weighted by Crippen LogP contribution is 2.37. The second kappa shape index (κ2) is 18.1. The Bertz CT molecular complexity index is 1020. The number of nitrogens with zero attached hydrogens (tertiary/aromatic N) is 2. The van der Waals surface area contributed by atoms with Crippen molar-refractivity contribution in [2.45, 2.75) is 105 Å². The van der Waals surface area contributed by atoms with E-state index in [2.05, 4.69) is 57.1 Å². The van der Waals surface area contributed by atoms with Gasteiger partial charge in [0, 0.05) is 25.6 Å².